The first kappa shape index (κ1) is 7.65. The van der Waals surface area contributed by atoms with Crippen molar-refractivity contribution in [3.63, 3.8) is 0 Å². The van der Waals surface area contributed by atoms with Crippen LogP contribution >= 0.6 is 0 Å². The number of hydrogen-bond donors (Lipinski definition) is 1. The van der Waals surface area contributed by atoms with E-state index in [0.29, 0.717) is 5.56 Å². The van der Waals surface area contributed by atoms with Crippen molar-refractivity contribution in [2.24, 2.45) is 5.73 Å². The Morgan fingerprint density at radius 2 is 2.45 bits per heavy atom. The van der Waals surface area contributed by atoms with Gasteiger partial charge in [0.25, 0.3) is 5.91 Å². The van der Waals surface area contributed by atoms with E-state index in [4.69, 9.17) is 5.73 Å². The summed E-state index contributed by atoms with van der Waals surface area (Å²) in [5, 5.41) is 0. The summed E-state index contributed by atoms with van der Waals surface area (Å²) in [7, 11) is 0. The largest absolute Gasteiger partial charge is 0.364 e. The number of nitrogens with two attached hydrogens (primary N) is 1. The maximum absolute atomic E-state index is 12.7. The molecular formula is C7H9FN2O. The number of amides is 1. The minimum atomic E-state index is -0.845. The maximum atomic E-state index is 12.7. The highest BCUT2D eigenvalue weighted by Crippen LogP contribution is 2.04. The fraction of sp³-hybridized carbons (Fsp3) is 0.143. The lowest BCUT2D eigenvalue weighted by atomic mass is 10.2. The average molecular weight is 156 g/mol. The Hall–Kier alpha value is -1.45. The third-order valence-corrected chi connectivity index (χ3v) is 1.21. The number of carbonyl (C=O) groups excluding carboxylic acids is 1. The van der Waals surface area contributed by atoms with Crippen molar-refractivity contribution in [3.8, 4) is 0 Å². The van der Waals surface area contributed by atoms with Crippen molar-refractivity contribution < 1.29 is 10.6 Å². The lowest BCUT2D eigenvalue weighted by molar-refractivity contribution is 0.0991. The Labute approximate surface area is 64.5 Å². The second kappa shape index (κ2) is 2.65. The van der Waals surface area contributed by atoms with Crippen LogP contribution in [0.4, 0.5) is 4.39 Å². The average Bonchev–Trinajstić information content (AvgIpc) is 1.85. The van der Waals surface area contributed by atoms with Crippen molar-refractivity contribution in [1.29, 1.82) is 0 Å². The zero-order chi connectivity index (χ0) is 8.43. The number of nitrogens with zero attached hydrogens (tertiary/aromatic N) is 1. The SMILES string of the molecule is Cc1cnc(C(N)=O)c(F)c1.[HH]. The number of aromatic nitrogens is 1. The van der Waals surface area contributed by atoms with E-state index in [-0.39, 0.29) is 7.12 Å². The fourth-order valence-electron chi connectivity index (χ4n) is 0.715. The van der Waals surface area contributed by atoms with Crippen LogP contribution in [0.5, 0.6) is 0 Å². The highest BCUT2D eigenvalue weighted by molar-refractivity contribution is 5.90. The van der Waals surface area contributed by atoms with Gasteiger partial charge in [0.15, 0.2) is 11.5 Å². The zero-order valence-corrected chi connectivity index (χ0v) is 5.97. The van der Waals surface area contributed by atoms with Crippen LogP contribution in [0.1, 0.15) is 17.5 Å². The number of aryl methyl sites for hydroxylation is 1. The van der Waals surface area contributed by atoms with Crippen molar-refractivity contribution in [2.45, 2.75) is 6.92 Å². The van der Waals surface area contributed by atoms with E-state index in [0.717, 1.165) is 0 Å². The van der Waals surface area contributed by atoms with Gasteiger partial charge in [-0.25, -0.2) is 9.37 Å². The normalized spacial score (nSPS) is 9.64. The smallest absolute Gasteiger partial charge is 0.270 e. The second-order valence-electron chi connectivity index (χ2n) is 2.21. The molecule has 0 saturated heterocycles. The first-order valence-electron chi connectivity index (χ1n) is 3.03. The molecule has 11 heavy (non-hydrogen) atoms. The van der Waals surface area contributed by atoms with E-state index >= 15 is 0 Å². The molecule has 0 aromatic carbocycles. The summed E-state index contributed by atoms with van der Waals surface area (Å²) in [6.07, 6.45) is 1.39. The van der Waals surface area contributed by atoms with E-state index in [2.05, 4.69) is 4.98 Å². The van der Waals surface area contributed by atoms with Gasteiger partial charge in [0.05, 0.1) is 0 Å². The molecule has 0 radical (unpaired) electrons. The molecule has 3 nitrogen and oxygen atoms in total. The molecular weight excluding hydrogens is 147 g/mol. The van der Waals surface area contributed by atoms with Crippen LogP contribution in [-0.4, -0.2) is 10.9 Å². The highest BCUT2D eigenvalue weighted by Gasteiger charge is 2.08. The van der Waals surface area contributed by atoms with Gasteiger partial charge < -0.3 is 5.73 Å². The van der Waals surface area contributed by atoms with Crippen LogP contribution in [0.25, 0.3) is 0 Å². The topological polar surface area (TPSA) is 56.0 Å². The quantitative estimate of drug-likeness (QED) is 0.656. The standard InChI is InChI=1S/C7H7FN2O.H2/c1-4-2-5(8)6(7(9)11)10-3-4;/h2-3H,1H3,(H2,9,11);1H. The number of rotatable bonds is 1. The summed E-state index contributed by atoms with van der Waals surface area (Å²) in [4.78, 5) is 14.0. The van der Waals surface area contributed by atoms with Gasteiger partial charge in [0.2, 0.25) is 0 Å². The molecule has 4 heteroatoms. The van der Waals surface area contributed by atoms with Gasteiger partial charge in [-0.1, -0.05) is 0 Å². The molecule has 1 aromatic heterocycles. The first-order chi connectivity index (χ1) is 5.11. The molecule has 0 bridgehead atoms. The van der Waals surface area contributed by atoms with E-state index in [1.807, 2.05) is 0 Å². The molecule has 1 amide bonds. The van der Waals surface area contributed by atoms with Gasteiger partial charge in [-0.15, -0.1) is 0 Å². The van der Waals surface area contributed by atoms with Gasteiger partial charge >= 0.3 is 0 Å². The van der Waals surface area contributed by atoms with Crippen molar-refractivity contribution in [1.82, 2.24) is 4.98 Å². The Bertz CT molecular complexity index is 303. The molecule has 60 valence electrons. The summed E-state index contributed by atoms with van der Waals surface area (Å²) in [5.74, 6) is -1.51. The van der Waals surface area contributed by atoms with Gasteiger partial charge in [0, 0.05) is 7.62 Å². The number of halogens is 1. The van der Waals surface area contributed by atoms with Crippen LogP contribution in [0, 0.1) is 12.7 Å². The zero-order valence-electron chi connectivity index (χ0n) is 5.97. The van der Waals surface area contributed by atoms with Crippen molar-refractivity contribution in [2.75, 3.05) is 0 Å². The van der Waals surface area contributed by atoms with E-state index in [1.54, 1.807) is 6.92 Å². The maximum Gasteiger partial charge on any atom is 0.270 e. The van der Waals surface area contributed by atoms with Crippen LogP contribution in [0.15, 0.2) is 12.3 Å². The molecule has 0 aliphatic rings. The Kier molecular flexibility index (Phi) is 1.85. The minimum absolute atomic E-state index is 0. The summed E-state index contributed by atoms with van der Waals surface area (Å²) < 4.78 is 12.7. The lowest BCUT2D eigenvalue weighted by Gasteiger charge is -1.96. The summed E-state index contributed by atoms with van der Waals surface area (Å²) in [5.41, 5.74) is 5.17. The third kappa shape index (κ3) is 1.52. The molecule has 0 aliphatic heterocycles. The lowest BCUT2D eigenvalue weighted by Crippen LogP contribution is -2.15. The number of carbonyl (C=O) groups is 1. The predicted molar refractivity (Wildman–Crippen MR) is 39.6 cm³/mol. The Balaban J connectivity index is 0.00000121. The molecule has 0 spiro atoms. The summed E-state index contributed by atoms with van der Waals surface area (Å²) in [6, 6.07) is 1.22. The second-order valence-corrected chi connectivity index (χ2v) is 2.21. The van der Waals surface area contributed by atoms with Crippen LogP contribution in [0.3, 0.4) is 0 Å². The van der Waals surface area contributed by atoms with Crippen LogP contribution < -0.4 is 5.73 Å². The van der Waals surface area contributed by atoms with E-state index in [9.17, 15) is 9.18 Å². The van der Waals surface area contributed by atoms with Crippen LogP contribution in [-0.2, 0) is 0 Å². The number of primary amides is 1. The Morgan fingerprint density at radius 1 is 1.82 bits per heavy atom. The highest BCUT2D eigenvalue weighted by atomic mass is 19.1. The molecule has 0 aliphatic carbocycles. The minimum Gasteiger partial charge on any atom is -0.364 e. The molecule has 1 heterocycles. The number of pyridine rings is 1. The van der Waals surface area contributed by atoms with Gasteiger partial charge in [-0.2, -0.15) is 0 Å². The van der Waals surface area contributed by atoms with Gasteiger partial charge in [0.1, 0.15) is 0 Å². The third-order valence-electron chi connectivity index (χ3n) is 1.21. The van der Waals surface area contributed by atoms with Gasteiger partial charge in [-0.05, 0) is 18.6 Å². The molecule has 0 atom stereocenters. The monoisotopic (exact) mass is 156 g/mol. The van der Waals surface area contributed by atoms with E-state index in [1.165, 1.54) is 12.3 Å². The summed E-state index contributed by atoms with van der Waals surface area (Å²) >= 11 is 0. The fourth-order valence-corrected chi connectivity index (χ4v) is 0.715. The van der Waals surface area contributed by atoms with Gasteiger partial charge in [-0.3, -0.25) is 4.79 Å². The predicted octanol–water partition coefficient (Wildman–Crippen LogP) is 0.874. The molecule has 0 fully saturated rings. The van der Waals surface area contributed by atoms with Crippen molar-refractivity contribution >= 4 is 5.91 Å². The molecule has 0 saturated carbocycles. The van der Waals surface area contributed by atoms with E-state index < -0.39 is 11.7 Å². The molecule has 1 aromatic rings. The Morgan fingerprint density at radius 3 is 2.91 bits per heavy atom. The molecule has 0 unspecified atom stereocenters. The molecule has 2 N–H and O–H groups in total. The summed E-state index contributed by atoms with van der Waals surface area (Å²) in [6.45, 7) is 1.68. The van der Waals surface area contributed by atoms with Crippen LogP contribution in [0.2, 0.25) is 0 Å². The number of hydrogen-bond acceptors (Lipinski definition) is 2. The van der Waals surface area contributed by atoms with Crippen molar-refractivity contribution in [3.05, 3.63) is 29.3 Å². The first-order valence-corrected chi connectivity index (χ1v) is 3.03. The molecule has 1 rings (SSSR count).